The quantitative estimate of drug-likeness (QED) is 0.476. The molecule has 2 aromatic rings. The fraction of sp³-hybridized carbons (Fsp3) is 0.412. The first-order chi connectivity index (χ1) is 9.88. The van der Waals surface area contributed by atoms with Crippen LogP contribution in [-0.4, -0.2) is 31.0 Å². The van der Waals surface area contributed by atoms with E-state index in [2.05, 4.69) is 42.5 Å². The Hall–Kier alpha value is -1.03. The lowest BCUT2D eigenvalue weighted by Gasteiger charge is -2.08. The van der Waals surface area contributed by atoms with Crippen LogP contribution >= 0.6 is 0 Å². The molecule has 2 atom stereocenters. The molecule has 20 heavy (non-hydrogen) atoms. The molecule has 106 valence electrons. The first-order valence-electron chi connectivity index (χ1n) is 7.23. The highest BCUT2D eigenvalue weighted by Gasteiger charge is 2.36. The number of benzene rings is 2. The van der Waals surface area contributed by atoms with Crippen molar-refractivity contribution in [2.75, 3.05) is 24.9 Å². The van der Waals surface area contributed by atoms with Gasteiger partial charge >= 0.3 is 0 Å². The van der Waals surface area contributed by atoms with Crippen LogP contribution in [0.2, 0.25) is 0 Å². The number of hydrogen-bond acceptors (Lipinski definition) is 2. The number of ether oxygens (including phenoxy) is 2. The molecule has 2 unspecified atom stereocenters. The van der Waals surface area contributed by atoms with E-state index in [1.807, 2.05) is 6.92 Å². The summed E-state index contributed by atoms with van der Waals surface area (Å²) in [7, 11) is 0.319. The number of fused-ring (bicyclic) bond motifs is 1. The van der Waals surface area contributed by atoms with Crippen molar-refractivity contribution in [3.63, 3.8) is 0 Å². The maximum Gasteiger partial charge on any atom is 0.162 e. The second-order valence-electron chi connectivity index (χ2n) is 5.03. The third-order valence-electron chi connectivity index (χ3n) is 3.73. The summed E-state index contributed by atoms with van der Waals surface area (Å²) in [4.78, 5) is 1.51. The van der Waals surface area contributed by atoms with E-state index >= 15 is 0 Å². The molecule has 2 aromatic carbocycles. The van der Waals surface area contributed by atoms with Gasteiger partial charge in [0.1, 0.15) is 24.4 Å². The minimum Gasteiger partial charge on any atom is -0.356 e. The van der Waals surface area contributed by atoms with Gasteiger partial charge in [-0.25, -0.2) is 0 Å². The van der Waals surface area contributed by atoms with Crippen LogP contribution in [0.3, 0.4) is 0 Å². The van der Waals surface area contributed by atoms with Gasteiger partial charge in [0.25, 0.3) is 0 Å². The summed E-state index contributed by atoms with van der Waals surface area (Å²) in [5, 5.41) is 2.75. The zero-order valence-electron chi connectivity index (χ0n) is 11.9. The van der Waals surface area contributed by atoms with Gasteiger partial charge in [0, 0.05) is 29.3 Å². The van der Waals surface area contributed by atoms with E-state index < -0.39 is 0 Å². The second-order valence-corrected chi connectivity index (χ2v) is 7.20. The average molecular weight is 289 g/mol. The summed E-state index contributed by atoms with van der Waals surface area (Å²) >= 11 is 0. The van der Waals surface area contributed by atoms with E-state index in [1.54, 1.807) is 0 Å². The van der Waals surface area contributed by atoms with Crippen LogP contribution in [0.15, 0.2) is 47.4 Å². The van der Waals surface area contributed by atoms with Crippen LogP contribution in [0.5, 0.6) is 0 Å². The van der Waals surface area contributed by atoms with E-state index in [4.69, 9.17) is 9.47 Å². The monoisotopic (exact) mass is 289 g/mol. The Morgan fingerprint density at radius 2 is 2.00 bits per heavy atom. The molecule has 3 rings (SSSR count). The minimum absolute atomic E-state index is 0.319. The summed E-state index contributed by atoms with van der Waals surface area (Å²) < 4.78 is 11.1. The van der Waals surface area contributed by atoms with Gasteiger partial charge in [0.15, 0.2) is 4.90 Å². The summed E-state index contributed by atoms with van der Waals surface area (Å²) in [6.45, 7) is 3.16. The van der Waals surface area contributed by atoms with Gasteiger partial charge in [-0.1, -0.05) is 30.3 Å². The smallest absolute Gasteiger partial charge is 0.162 e. The molecule has 0 N–H and O–H groups in total. The molecule has 1 saturated heterocycles. The lowest BCUT2D eigenvalue weighted by molar-refractivity contribution is -0.0776. The van der Waals surface area contributed by atoms with Gasteiger partial charge in [-0.15, -0.1) is 0 Å². The molecule has 1 heterocycles. The van der Waals surface area contributed by atoms with Crippen molar-refractivity contribution in [2.45, 2.75) is 24.3 Å². The van der Waals surface area contributed by atoms with Crippen molar-refractivity contribution in [3.05, 3.63) is 42.5 Å². The average Bonchev–Trinajstić information content (AvgIpc) is 2.96. The van der Waals surface area contributed by atoms with Crippen LogP contribution in [0.4, 0.5) is 0 Å². The minimum atomic E-state index is 0.319. The van der Waals surface area contributed by atoms with Gasteiger partial charge in [0.05, 0.1) is 0 Å². The van der Waals surface area contributed by atoms with Crippen molar-refractivity contribution >= 4 is 21.7 Å². The predicted molar refractivity (Wildman–Crippen MR) is 85.3 cm³/mol. The molecule has 0 aromatic heterocycles. The highest BCUT2D eigenvalue weighted by atomic mass is 32.2. The molecule has 0 saturated carbocycles. The molecule has 0 radical (unpaired) electrons. The zero-order chi connectivity index (χ0) is 13.8. The van der Waals surface area contributed by atoms with Crippen molar-refractivity contribution in [3.8, 4) is 0 Å². The fourth-order valence-corrected chi connectivity index (χ4v) is 5.26. The van der Waals surface area contributed by atoms with Crippen LogP contribution in [0.25, 0.3) is 10.8 Å². The molecule has 0 spiro atoms. The summed E-state index contributed by atoms with van der Waals surface area (Å²) in [6.07, 6.45) is 1.52. The molecule has 3 heteroatoms. The Labute approximate surface area is 123 Å². The predicted octanol–water partition coefficient (Wildman–Crippen LogP) is 3.60. The first-order valence-corrected chi connectivity index (χ1v) is 8.79. The molecule has 1 fully saturated rings. The van der Waals surface area contributed by atoms with Gasteiger partial charge in [-0.05, 0) is 24.4 Å². The van der Waals surface area contributed by atoms with E-state index in [0.29, 0.717) is 23.8 Å². The fourth-order valence-electron chi connectivity index (χ4n) is 2.67. The Bertz CT molecular complexity index is 564. The van der Waals surface area contributed by atoms with Crippen molar-refractivity contribution in [1.82, 2.24) is 0 Å². The number of rotatable bonds is 5. The Morgan fingerprint density at radius 1 is 1.15 bits per heavy atom. The maximum absolute atomic E-state index is 5.79. The highest BCUT2D eigenvalue weighted by molar-refractivity contribution is 7.97. The van der Waals surface area contributed by atoms with Gasteiger partial charge in [0.2, 0.25) is 0 Å². The van der Waals surface area contributed by atoms with E-state index in [9.17, 15) is 0 Å². The van der Waals surface area contributed by atoms with Crippen LogP contribution in [0.1, 0.15) is 13.3 Å². The first kappa shape index (κ1) is 13.9. The van der Waals surface area contributed by atoms with E-state index in [-0.39, 0.29) is 0 Å². The Balaban J connectivity index is 1.73. The van der Waals surface area contributed by atoms with Crippen LogP contribution < -0.4 is 0 Å². The highest BCUT2D eigenvalue weighted by Crippen LogP contribution is 2.30. The summed E-state index contributed by atoms with van der Waals surface area (Å²) in [5.41, 5.74) is 0. The summed E-state index contributed by atoms with van der Waals surface area (Å²) in [5.74, 6) is 2.38. The zero-order valence-corrected chi connectivity index (χ0v) is 12.7. The molecule has 1 aliphatic rings. The molecular weight excluding hydrogens is 268 g/mol. The molecule has 1 aliphatic heterocycles. The normalized spacial score (nSPS) is 22.4. The largest absolute Gasteiger partial charge is 0.356 e. The van der Waals surface area contributed by atoms with Crippen molar-refractivity contribution in [2.24, 2.45) is 0 Å². The lowest BCUT2D eigenvalue weighted by Crippen LogP contribution is -2.17. The second kappa shape index (κ2) is 6.61. The van der Waals surface area contributed by atoms with Gasteiger partial charge in [-0.3, -0.25) is 0 Å². The van der Waals surface area contributed by atoms with Crippen LogP contribution in [0, 0.1) is 0 Å². The molecular formula is C17H21O2S+. The van der Waals surface area contributed by atoms with E-state index in [1.165, 1.54) is 21.4 Å². The SMILES string of the molecule is CCOCOC1CC[S+](c2cccc3ccccc23)C1. The molecule has 0 aliphatic carbocycles. The topological polar surface area (TPSA) is 18.5 Å². The maximum atomic E-state index is 5.79. The Kier molecular flexibility index (Phi) is 4.61. The summed E-state index contributed by atoms with van der Waals surface area (Å²) in [6, 6.07) is 15.3. The standard InChI is InChI=1S/C17H21O2S/c1-2-18-13-19-15-10-11-20(12-15)17-9-5-7-14-6-3-4-8-16(14)17/h3-9,15H,2,10-13H2,1H3/q+1. The lowest BCUT2D eigenvalue weighted by atomic mass is 10.1. The Morgan fingerprint density at radius 3 is 2.90 bits per heavy atom. The van der Waals surface area contributed by atoms with Gasteiger partial charge < -0.3 is 9.47 Å². The van der Waals surface area contributed by atoms with Crippen molar-refractivity contribution < 1.29 is 9.47 Å². The number of hydrogen-bond donors (Lipinski definition) is 0. The third-order valence-corrected chi connectivity index (χ3v) is 6.21. The molecule has 0 bridgehead atoms. The third kappa shape index (κ3) is 3.00. The van der Waals surface area contributed by atoms with Gasteiger partial charge in [-0.2, -0.15) is 0 Å². The van der Waals surface area contributed by atoms with Crippen molar-refractivity contribution in [1.29, 1.82) is 0 Å². The molecule has 2 nitrogen and oxygen atoms in total. The molecule has 0 amide bonds. The van der Waals surface area contributed by atoms with Crippen LogP contribution in [-0.2, 0) is 20.4 Å². The van der Waals surface area contributed by atoms with E-state index in [0.717, 1.165) is 18.8 Å².